The van der Waals surface area contributed by atoms with Gasteiger partial charge in [0, 0.05) is 41.0 Å². The van der Waals surface area contributed by atoms with Crippen molar-refractivity contribution in [2.45, 2.75) is 43.9 Å². The van der Waals surface area contributed by atoms with Crippen molar-refractivity contribution in [2.75, 3.05) is 0 Å². The molecule has 2 N–H and O–H groups in total. The SMILES string of the molecule is CC1(C)C[C@]2(C[C@@H](c3ccccc3Cl)c3ccc(OC(=O)c4ccccc4)cc3O2)NC(=S)N1. The fourth-order valence-corrected chi connectivity index (χ4v) is 5.68. The number of hydrogen-bond donors (Lipinski definition) is 2. The zero-order chi connectivity index (χ0) is 23.9. The van der Waals surface area contributed by atoms with Crippen molar-refractivity contribution in [3.63, 3.8) is 0 Å². The van der Waals surface area contributed by atoms with Crippen LogP contribution in [0, 0.1) is 0 Å². The topological polar surface area (TPSA) is 59.6 Å². The molecule has 3 aromatic rings. The summed E-state index contributed by atoms with van der Waals surface area (Å²) in [5.41, 5.74) is 1.50. The van der Waals surface area contributed by atoms with Crippen molar-refractivity contribution in [1.82, 2.24) is 10.6 Å². The summed E-state index contributed by atoms with van der Waals surface area (Å²) in [5.74, 6) is 0.609. The average Bonchev–Trinajstić information content (AvgIpc) is 2.77. The van der Waals surface area contributed by atoms with E-state index in [2.05, 4.69) is 24.5 Å². The van der Waals surface area contributed by atoms with E-state index in [1.54, 1.807) is 36.4 Å². The predicted molar refractivity (Wildman–Crippen MR) is 137 cm³/mol. The molecule has 2 aliphatic heterocycles. The summed E-state index contributed by atoms with van der Waals surface area (Å²) in [6.07, 6.45) is 1.33. The van der Waals surface area contributed by atoms with Gasteiger partial charge in [-0.25, -0.2) is 4.79 Å². The second kappa shape index (κ2) is 8.60. The summed E-state index contributed by atoms with van der Waals surface area (Å²) in [6.45, 7) is 4.20. The first-order chi connectivity index (χ1) is 16.2. The van der Waals surface area contributed by atoms with Gasteiger partial charge in [0.15, 0.2) is 10.8 Å². The van der Waals surface area contributed by atoms with Gasteiger partial charge in [-0.3, -0.25) is 0 Å². The number of benzene rings is 3. The van der Waals surface area contributed by atoms with Crippen LogP contribution in [0.15, 0.2) is 72.8 Å². The van der Waals surface area contributed by atoms with E-state index >= 15 is 0 Å². The molecule has 1 fully saturated rings. The van der Waals surface area contributed by atoms with E-state index in [-0.39, 0.29) is 11.5 Å². The van der Waals surface area contributed by atoms with Crippen molar-refractivity contribution in [3.8, 4) is 11.5 Å². The van der Waals surface area contributed by atoms with E-state index in [9.17, 15) is 4.79 Å². The molecule has 2 atom stereocenters. The molecule has 174 valence electrons. The smallest absolute Gasteiger partial charge is 0.343 e. The quantitative estimate of drug-likeness (QED) is 0.273. The highest BCUT2D eigenvalue weighted by atomic mass is 35.5. The molecule has 0 radical (unpaired) electrons. The fourth-order valence-electron chi connectivity index (χ4n) is 4.95. The number of nitrogens with one attached hydrogen (secondary N) is 2. The number of thiocarbonyl (C=S) groups is 1. The molecule has 3 aromatic carbocycles. The second-order valence-corrected chi connectivity index (χ2v) is 10.3. The Morgan fingerprint density at radius 3 is 2.50 bits per heavy atom. The summed E-state index contributed by atoms with van der Waals surface area (Å²) < 4.78 is 12.3. The number of ether oxygens (including phenoxy) is 2. The van der Waals surface area contributed by atoms with Gasteiger partial charge in [-0.2, -0.15) is 0 Å². The standard InChI is InChI=1S/C27H25ClN2O3S/c1-26(2)16-27(30-25(34)29-26)15-21(19-10-6-7-11-22(19)28)20-13-12-18(14-23(20)33-27)32-24(31)17-8-4-3-5-9-17/h3-14,21H,15-16H2,1-2H3,(H2,29,30,34)/t21-,27+/m0/s1. The molecule has 0 saturated carbocycles. The van der Waals surface area contributed by atoms with Crippen LogP contribution in [-0.2, 0) is 0 Å². The van der Waals surface area contributed by atoms with Crippen LogP contribution < -0.4 is 20.1 Å². The van der Waals surface area contributed by atoms with E-state index < -0.39 is 11.7 Å². The zero-order valence-corrected chi connectivity index (χ0v) is 20.5. The van der Waals surface area contributed by atoms with Gasteiger partial charge in [-0.05, 0) is 55.9 Å². The molecule has 0 aliphatic carbocycles. The van der Waals surface area contributed by atoms with Gasteiger partial charge >= 0.3 is 5.97 Å². The number of rotatable bonds is 3. The molecule has 0 amide bonds. The first kappa shape index (κ1) is 22.7. The molecule has 1 saturated heterocycles. The Balaban J connectivity index is 1.55. The van der Waals surface area contributed by atoms with E-state index in [4.69, 9.17) is 33.3 Å². The van der Waals surface area contributed by atoms with Gasteiger partial charge < -0.3 is 20.1 Å². The van der Waals surface area contributed by atoms with Crippen molar-refractivity contribution >= 4 is 34.9 Å². The Bertz CT molecular complexity index is 1260. The maximum atomic E-state index is 12.6. The third kappa shape index (κ3) is 4.48. The minimum Gasteiger partial charge on any atom is -0.468 e. The highest BCUT2D eigenvalue weighted by molar-refractivity contribution is 7.80. The summed E-state index contributed by atoms with van der Waals surface area (Å²) in [4.78, 5) is 12.6. The summed E-state index contributed by atoms with van der Waals surface area (Å²) in [7, 11) is 0. The van der Waals surface area contributed by atoms with Crippen molar-refractivity contribution < 1.29 is 14.3 Å². The number of halogens is 1. The van der Waals surface area contributed by atoms with E-state index in [0.717, 1.165) is 11.1 Å². The lowest BCUT2D eigenvalue weighted by molar-refractivity contribution is -0.0128. The molecule has 0 aromatic heterocycles. The van der Waals surface area contributed by atoms with Gasteiger partial charge in [0.1, 0.15) is 11.5 Å². The van der Waals surface area contributed by atoms with Crippen LogP contribution in [0.3, 0.4) is 0 Å². The maximum Gasteiger partial charge on any atom is 0.343 e. The molecule has 1 spiro atoms. The largest absolute Gasteiger partial charge is 0.468 e. The fraction of sp³-hybridized carbons (Fsp3) is 0.259. The highest BCUT2D eigenvalue weighted by Gasteiger charge is 2.49. The lowest BCUT2D eigenvalue weighted by Gasteiger charge is -2.50. The number of hydrogen-bond acceptors (Lipinski definition) is 4. The zero-order valence-electron chi connectivity index (χ0n) is 18.9. The average molecular weight is 493 g/mol. The Hall–Kier alpha value is -3.09. The molecule has 2 aliphatic rings. The minimum absolute atomic E-state index is 0.0273. The normalized spacial score (nSPS) is 22.7. The Morgan fingerprint density at radius 2 is 1.76 bits per heavy atom. The molecular formula is C27H25ClN2O3S. The summed E-state index contributed by atoms with van der Waals surface area (Å²) in [5, 5.41) is 7.94. The van der Waals surface area contributed by atoms with E-state index in [1.807, 2.05) is 36.4 Å². The first-order valence-electron chi connectivity index (χ1n) is 11.2. The number of carbonyl (C=O) groups is 1. The highest BCUT2D eigenvalue weighted by Crippen LogP contribution is 2.49. The lowest BCUT2D eigenvalue weighted by atomic mass is 9.77. The molecule has 7 heteroatoms. The maximum absolute atomic E-state index is 12.6. The Kier molecular flexibility index (Phi) is 5.74. The molecule has 34 heavy (non-hydrogen) atoms. The van der Waals surface area contributed by atoms with Crippen molar-refractivity contribution in [1.29, 1.82) is 0 Å². The molecule has 2 heterocycles. The minimum atomic E-state index is -0.731. The van der Waals surface area contributed by atoms with E-state index in [1.165, 1.54) is 0 Å². The second-order valence-electron chi connectivity index (χ2n) is 9.47. The number of fused-ring (bicyclic) bond motifs is 1. The van der Waals surface area contributed by atoms with Crippen LogP contribution in [0.2, 0.25) is 5.02 Å². The van der Waals surface area contributed by atoms with Crippen LogP contribution in [0.25, 0.3) is 0 Å². The third-order valence-corrected chi connectivity index (χ3v) is 6.77. The van der Waals surface area contributed by atoms with Gasteiger partial charge in [0.25, 0.3) is 0 Å². The van der Waals surface area contributed by atoms with Crippen molar-refractivity contribution in [3.05, 3.63) is 94.5 Å². The van der Waals surface area contributed by atoms with Gasteiger partial charge in [0.2, 0.25) is 0 Å². The van der Waals surface area contributed by atoms with E-state index in [0.29, 0.717) is 40.0 Å². The van der Waals surface area contributed by atoms with Crippen LogP contribution in [0.5, 0.6) is 11.5 Å². The lowest BCUT2D eigenvalue weighted by Crippen LogP contribution is -2.69. The van der Waals surface area contributed by atoms with Crippen LogP contribution in [0.4, 0.5) is 0 Å². The summed E-state index contributed by atoms with van der Waals surface area (Å²) >= 11 is 12.2. The first-order valence-corrected chi connectivity index (χ1v) is 12.0. The molecule has 0 unspecified atom stereocenters. The van der Waals surface area contributed by atoms with Gasteiger partial charge in [-0.15, -0.1) is 0 Å². The van der Waals surface area contributed by atoms with Crippen LogP contribution in [0.1, 0.15) is 54.1 Å². The molecule has 0 bridgehead atoms. The Labute approximate surface area is 209 Å². The van der Waals surface area contributed by atoms with Gasteiger partial charge in [-0.1, -0.05) is 54.1 Å². The van der Waals surface area contributed by atoms with Crippen LogP contribution in [-0.4, -0.2) is 22.3 Å². The van der Waals surface area contributed by atoms with Gasteiger partial charge in [0.05, 0.1) is 5.56 Å². The molecule has 5 nitrogen and oxygen atoms in total. The summed E-state index contributed by atoms with van der Waals surface area (Å²) in [6, 6.07) is 22.3. The Morgan fingerprint density at radius 1 is 1.03 bits per heavy atom. The van der Waals surface area contributed by atoms with Crippen molar-refractivity contribution in [2.24, 2.45) is 0 Å². The van der Waals surface area contributed by atoms with Crippen LogP contribution >= 0.6 is 23.8 Å². The monoisotopic (exact) mass is 492 g/mol. The molecule has 5 rings (SSSR count). The number of esters is 1. The number of carbonyl (C=O) groups excluding carboxylic acids is 1. The molecular weight excluding hydrogens is 468 g/mol. The third-order valence-electron chi connectivity index (χ3n) is 6.22. The predicted octanol–water partition coefficient (Wildman–Crippen LogP) is 5.82.